The Morgan fingerprint density at radius 1 is 1.58 bits per heavy atom. The molecule has 0 bridgehead atoms. The Bertz CT molecular complexity index is 247. The molecule has 1 N–H and O–H groups in total. The van der Waals surface area contributed by atoms with Crippen LogP contribution < -0.4 is 5.32 Å². The lowest BCUT2D eigenvalue weighted by Gasteiger charge is -2.13. The van der Waals surface area contributed by atoms with Crippen molar-refractivity contribution in [2.24, 2.45) is 5.92 Å². The zero-order valence-electron chi connectivity index (χ0n) is 7.39. The first kappa shape index (κ1) is 8.97. The molecule has 1 aliphatic carbocycles. The predicted molar refractivity (Wildman–Crippen MR) is 45.5 cm³/mol. The molecule has 1 rings (SSSR count). The molecule has 66 valence electrons. The quantitative estimate of drug-likeness (QED) is 0.627. The van der Waals surface area contributed by atoms with E-state index in [0.717, 1.165) is 0 Å². The van der Waals surface area contributed by atoms with E-state index >= 15 is 0 Å². The van der Waals surface area contributed by atoms with E-state index < -0.39 is 5.54 Å². The number of nitrogens with one attached hydrogen (secondary N) is 1. The molecular formula is C9H13NO2. The highest BCUT2D eigenvalue weighted by Gasteiger charge is 2.57. The van der Waals surface area contributed by atoms with E-state index in [4.69, 9.17) is 0 Å². The van der Waals surface area contributed by atoms with Crippen LogP contribution in [0.25, 0.3) is 0 Å². The Hall–Kier alpha value is -1.12. The van der Waals surface area contributed by atoms with E-state index in [1.54, 1.807) is 6.08 Å². The van der Waals surface area contributed by atoms with Crippen molar-refractivity contribution in [1.82, 2.24) is 5.32 Å². The van der Waals surface area contributed by atoms with Gasteiger partial charge in [-0.15, -0.1) is 6.58 Å². The number of ketones is 1. The third-order valence-electron chi connectivity index (χ3n) is 2.33. The third kappa shape index (κ3) is 1.26. The molecule has 0 aromatic rings. The van der Waals surface area contributed by atoms with Gasteiger partial charge in [0.15, 0.2) is 5.78 Å². The number of carbonyl (C=O) groups excluding carboxylic acids is 2. The Morgan fingerprint density at radius 3 is 2.42 bits per heavy atom. The summed E-state index contributed by atoms with van der Waals surface area (Å²) in [7, 11) is 0. The van der Waals surface area contributed by atoms with Crippen LogP contribution >= 0.6 is 0 Å². The van der Waals surface area contributed by atoms with Gasteiger partial charge in [-0.3, -0.25) is 9.59 Å². The summed E-state index contributed by atoms with van der Waals surface area (Å²) in [5.41, 5.74) is -0.617. The van der Waals surface area contributed by atoms with Crippen LogP contribution in [0.3, 0.4) is 0 Å². The zero-order valence-corrected chi connectivity index (χ0v) is 7.39. The Kier molecular flexibility index (Phi) is 2.04. The SMILES string of the molecule is C=C[C@H]1C[C@]1(NC(C)=O)C(C)=O. The minimum atomic E-state index is -0.617. The first-order valence-electron chi connectivity index (χ1n) is 3.95. The molecule has 1 amide bonds. The van der Waals surface area contributed by atoms with E-state index in [0.29, 0.717) is 6.42 Å². The average Bonchev–Trinajstić information content (AvgIpc) is 2.62. The molecule has 1 aliphatic rings. The van der Waals surface area contributed by atoms with Crippen LogP contribution in [0.1, 0.15) is 20.3 Å². The number of Topliss-reactive ketones (excluding diaryl/α,β-unsaturated/α-hetero) is 1. The molecule has 2 atom stereocenters. The van der Waals surface area contributed by atoms with Gasteiger partial charge in [0.05, 0.1) is 0 Å². The topological polar surface area (TPSA) is 46.2 Å². The molecule has 0 unspecified atom stereocenters. The smallest absolute Gasteiger partial charge is 0.217 e. The molecule has 3 heteroatoms. The Labute approximate surface area is 71.8 Å². The van der Waals surface area contributed by atoms with Gasteiger partial charge in [0, 0.05) is 12.8 Å². The van der Waals surface area contributed by atoms with Crippen molar-refractivity contribution in [3.8, 4) is 0 Å². The minimum Gasteiger partial charge on any atom is -0.343 e. The second-order valence-corrected chi connectivity index (χ2v) is 3.26. The number of carbonyl (C=O) groups is 2. The molecule has 0 aromatic heterocycles. The van der Waals surface area contributed by atoms with Crippen molar-refractivity contribution in [1.29, 1.82) is 0 Å². The summed E-state index contributed by atoms with van der Waals surface area (Å²) in [5.74, 6) is -0.0175. The zero-order chi connectivity index (χ0) is 9.35. The average molecular weight is 167 g/mol. The van der Waals surface area contributed by atoms with Crippen molar-refractivity contribution in [3.05, 3.63) is 12.7 Å². The van der Waals surface area contributed by atoms with E-state index in [-0.39, 0.29) is 17.6 Å². The lowest BCUT2D eigenvalue weighted by molar-refractivity contribution is -0.126. The maximum absolute atomic E-state index is 11.2. The molecule has 3 nitrogen and oxygen atoms in total. The highest BCUT2D eigenvalue weighted by atomic mass is 16.2. The van der Waals surface area contributed by atoms with Crippen LogP contribution in [0.5, 0.6) is 0 Å². The lowest BCUT2D eigenvalue weighted by Crippen LogP contribution is -2.42. The van der Waals surface area contributed by atoms with Crippen LogP contribution in [0.4, 0.5) is 0 Å². The van der Waals surface area contributed by atoms with Gasteiger partial charge >= 0.3 is 0 Å². The van der Waals surface area contributed by atoms with Gasteiger partial charge < -0.3 is 5.32 Å². The molecule has 0 heterocycles. The summed E-state index contributed by atoms with van der Waals surface area (Å²) in [6.07, 6.45) is 2.42. The molecule has 1 saturated carbocycles. The predicted octanol–water partition coefficient (Wildman–Crippen LogP) is 0.656. The summed E-state index contributed by atoms with van der Waals surface area (Å²) in [6.45, 7) is 6.52. The van der Waals surface area contributed by atoms with Gasteiger partial charge in [0.25, 0.3) is 0 Å². The second-order valence-electron chi connectivity index (χ2n) is 3.26. The van der Waals surface area contributed by atoms with Crippen LogP contribution in [-0.2, 0) is 9.59 Å². The molecule has 0 aliphatic heterocycles. The molecule has 1 fully saturated rings. The number of hydrogen-bond donors (Lipinski definition) is 1. The van der Waals surface area contributed by atoms with E-state index in [1.165, 1.54) is 13.8 Å². The van der Waals surface area contributed by atoms with Crippen LogP contribution in [0.2, 0.25) is 0 Å². The van der Waals surface area contributed by atoms with Crippen molar-refractivity contribution >= 4 is 11.7 Å². The van der Waals surface area contributed by atoms with Crippen LogP contribution in [-0.4, -0.2) is 17.2 Å². The Balaban J connectivity index is 2.71. The van der Waals surface area contributed by atoms with Crippen LogP contribution in [0.15, 0.2) is 12.7 Å². The van der Waals surface area contributed by atoms with E-state index in [1.807, 2.05) is 0 Å². The first-order chi connectivity index (χ1) is 5.53. The van der Waals surface area contributed by atoms with E-state index in [2.05, 4.69) is 11.9 Å². The van der Waals surface area contributed by atoms with Crippen LogP contribution in [0, 0.1) is 5.92 Å². The summed E-state index contributed by atoms with van der Waals surface area (Å²) in [5, 5.41) is 2.67. The Morgan fingerprint density at radius 2 is 2.17 bits per heavy atom. The van der Waals surface area contributed by atoms with Gasteiger partial charge in [-0.1, -0.05) is 6.08 Å². The second kappa shape index (κ2) is 2.73. The fraction of sp³-hybridized carbons (Fsp3) is 0.556. The number of rotatable bonds is 3. The summed E-state index contributed by atoms with van der Waals surface area (Å²) >= 11 is 0. The summed E-state index contributed by atoms with van der Waals surface area (Å²) < 4.78 is 0. The normalized spacial score (nSPS) is 32.3. The lowest BCUT2D eigenvalue weighted by atomic mass is 10.1. The van der Waals surface area contributed by atoms with E-state index in [9.17, 15) is 9.59 Å². The molecule has 0 radical (unpaired) electrons. The van der Waals surface area contributed by atoms with Gasteiger partial charge in [-0.25, -0.2) is 0 Å². The van der Waals surface area contributed by atoms with Crippen molar-refractivity contribution in [2.75, 3.05) is 0 Å². The summed E-state index contributed by atoms with van der Waals surface area (Å²) in [4.78, 5) is 21.9. The molecule has 0 saturated heterocycles. The molecular weight excluding hydrogens is 154 g/mol. The van der Waals surface area contributed by atoms with Crippen molar-refractivity contribution in [3.63, 3.8) is 0 Å². The largest absolute Gasteiger partial charge is 0.343 e. The van der Waals surface area contributed by atoms with Gasteiger partial charge in [-0.2, -0.15) is 0 Å². The molecule has 12 heavy (non-hydrogen) atoms. The number of hydrogen-bond acceptors (Lipinski definition) is 2. The maximum Gasteiger partial charge on any atom is 0.217 e. The molecule has 0 aromatic carbocycles. The number of amides is 1. The fourth-order valence-corrected chi connectivity index (χ4v) is 1.52. The van der Waals surface area contributed by atoms with Gasteiger partial charge in [0.2, 0.25) is 5.91 Å². The fourth-order valence-electron chi connectivity index (χ4n) is 1.52. The van der Waals surface area contributed by atoms with Crippen molar-refractivity contribution in [2.45, 2.75) is 25.8 Å². The highest BCUT2D eigenvalue weighted by Crippen LogP contribution is 2.44. The van der Waals surface area contributed by atoms with Gasteiger partial charge in [0.1, 0.15) is 5.54 Å². The highest BCUT2D eigenvalue weighted by molar-refractivity contribution is 5.94. The van der Waals surface area contributed by atoms with Crippen molar-refractivity contribution < 1.29 is 9.59 Å². The third-order valence-corrected chi connectivity index (χ3v) is 2.33. The summed E-state index contributed by atoms with van der Waals surface area (Å²) in [6, 6.07) is 0. The molecule has 0 spiro atoms. The maximum atomic E-state index is 11.2. The monoisotopic (exact) mass is 167 g/mol. The minimum absolute atomic E-state index is 0.0163. The first-order valence-corrected chi connectivity index (χ1v) is 3.95. The standard InChI is InChI=1S/C9H13NO2/c1-4-8-5-9(8,6(2)11)10-7(3)12/h4,8H,1,5H2,2-3H3,(H,10,12)/t8-,9-/m0/s1. The van der Waals surface area contributed by atoms with Gasteiger partial charge in [-0.05, 0) is 13.3 Å².